The highest BCUT2D eigenvalue weighted by Crippen LogP contribution is 2.41. The Labute approximate surface area is 199 Å². The number of carbonyl (C=O) groups is 3. The second kappa shape index (κ2) is 10.0. The molecule has 0 aliphatic carbocycles. The summed E-state index contributed by atoms with van der Waals surface area (Å²) in [7, 11) is 0. The van der Waals surface area contributed by atoms with Crippen molar-refractivity contribution in [1.82, 2.24) is 20.1 Å². The van der Waals surface area contributed by atoms with E-state index in [-0.39, 0.29) is 23.8 Å². The maximum Gasteiger partial charge on any atom is 0.325 e. The van der Waals surface area contributed by atoms with E-state index >= 15 is 0 Å². The van der Waals surface area contributed by atoms with Crippen molar-refractivity contribution in [2.45, 2.75) is 51.5 Å². The SMILES string of the molecule is CC[C@@H](C)CC(=O)N1CCC([C@]2(c3cccnc3)NC(=O)N(CCc3cccs3)C2=O)CC1. The molecule has 2 aliphatic heterocycles. The first kappa shape index (κ1) is 23.4. The average Bonchev–Trinajstić information content (AvgIpc) is 3.45. The monoisotopic (exact) mass is 468 g/mol. The zero-order chi connectivity index (χ0) is 23.4. The number of thiophene rings is 1. The van der Waals surface area contributed by atoms with Crippen LogP contribution in [0.5, 0.6) is 0 Å². The van der Waals surface area contributed by atoms with Gasteiger partial charge in [0.25, 0.3) is 5.91 Å². The van der Waals surface area contributed by atoms with Gasteiger partial charge in [0.2, 0.25) is 5.91 Å². The van der Waals surface area contributed by atoms with Crippen LogP contribution in [0.3, 0.4) is 0 Å². The largest absolute Gasteiger partial charge is 0.343 e. The Bertz CT molecular complexity index is 973. The Morgan fingerprint density at radius 1 is 1.27 bits per heavy atom. The molecule has 2 fully saturated rings. The van der Waals surface area contributed by atoms with Gasteiger partial charge in [-0.15, -0.1) is 11.3 Å². The van der Waals surface area contributed by atoms with E-state index in [2.05, 4.69) is 24.1 Å². The summed E-state index contributed by atoms with van der Waals surface area (Å²) in [5.41, 5.74) is -0.418. The van der Waals surface area contributed by atoms with Crippen molar-refractivity contribution in [2.24, 2.45) is 11.8 Å². The van der Waals surface area contributed by atoms with E-state index in [4.69, 9.17) is 0 Å². The van der Waals surface area contributed by atoms with Gasteiger partial charge >= 0.3 is 6.03 Å². The summed E-state index contributed by atoms with van der Waals surface area (Å²) in [6.45, 7) is 5.74. The number of urea groups is 1. The van der Waals surface area contributed by atoms with Gasteiger partial charge in [0.1, 0.15) is 0 Å². The minimum Gasteiger partial charge on any atom is -0.343 e. The van der Waals surface area contributed by atoms with Crippen LogP contribution in [0.4, 0.5) is 4.79 Å². The molecule has 33 heavy (non-hydrogen) atoms. The molecule has 4 amide bonds. The van der Waals surface area contributed by atoms with E-state index in [1.54, 1.807) is 29.8 Å². The number of hydrogen-bond acceptors (Lipinski definition) is 5. The molecular formula is C25H32N4O3S. The molecule has 176 valence electrons. The summed E-state index contributed by atoms with van der Waals surface area (Å²) in [5, 5.41) is 5.06. The van der Waals surface area contributed by atoms with Gasteiger partial charge in [-0.05, 0) is 48.6 Å². The number of nitrogens with one attached hydrogen (secondary N) is 1. The molecule has 0 spiro atoms. The van der Waals surface area contributed by atoms with E-state index in [1.807, 2.05) is 28.5 Å². The van der Waals surface area contributed by atoms with Crippen LogP contribution >= 0.6 is 11.3 Å². The third-order valence-corrected chi connectivity index (χ3v) is 8.03. The molecule has 4 rings (SSSR count). The number of nitrogens with zero attached hydrogens (tertiary/aromatic N) is 3. The molecule has 0 saturated carbocycles. The number of amides is 4. The summed E-state index contributed by atoms with van der Waals surface area (Å²) < 4.78 is 0. The van der Waals surface area contributed by atoms with Crippen molar-refractivity contribution in [3.8, 4) is 0 Å². The molecular weight excluding hydrogens is 436 g/mol. The fraction of sp³-hybridized carbons (Fsp3) is 0.520. The number of aromatic nitrogens is 1. The zero-order valence-electron chi connectivity index (χ0n) is 19.3. The number of rotatable bonds is 8. The lowest BCUT2D eigenvalue weighted by Gasteiger charge is -2.41. The molecule has 1 N–H and O–H groups in total. The van der Waals surface area contributed by atoms with E-state index in [9.17, 15) is 14.4 Å². The molecule has 0 bridgehead atoms. The minimum atomic E-state index is -1.13. The van der Waals surface area contributed by atoms with Gasteiger partial charge in [-0.25, -0.2) is 4.79 Å². The molecule has 2 aliphatic rings. The van der Waals surface area contributed by atoms with Gasteiger partial charge < -0.3 is 10.2 Å². The third-order valence-electron chi connectivity index (χ3n) is 7.09. The van der Waals surface area contributed by atoms with Crippen LogP contribution < -0.4 is 5.32 Å². The Morgan fingerprint density at radius 3 is 2.70 bits per heavy atom. The molecule has 8 heteroatoms. The maximum absolute atomic E-state index is 13.8. The first-order chi connectivity index (χ1) is 16.0. The molecule has 2 aromatic rings. The molecule has 2 aromatic heterocycles. The Kier molecular flexibility index (Phi) is 7.12. The summed E-state index contributed by atoms with van der Waals surface area (Å²) in [5.74, 6) is 0.237. The fourth-order valence-electron chi connectivity index (χ4n) is 4.91. The van der Waals surface area contributed by atoms with Gasteiger partial charge in [0.05, 0.1) is 0 Å². The smallest absolute Gasteiger partial charge is 0.325 e. The van der Waals surface area contributed by atoms with Crippen molar-refractivity contribution in [3.63, 3.8) is 0 Å². The number of pyridine rings is 1. The summed E-state index contributed by atoms with van der Waals surface area (Å²) >= 11 is 1.62. The van der Waals surface area contributed by atoms with Crippen LogP contribution in [0, 0.1) is 11.8 Å². The fourth-order valence-corrected chi connectivity index (χ4v) is 5.61. The number of hydrogen-bond donors (Lipinski definition) is 1. The van der Waals surface area contributed by atoms with E-state index in [1.165, 1.54) is 4.90 Å². The summed E-state index contributed by atoms with van der Waals surface area (Å²) in [6, 6.07) is 7.31. The van der Waals surface area contributed by atoms with Crippen LogP contribution in [0.15, 0.2) is 42.0 Å². The highest BCUT2D eigenvalue weighted by atomic mass is 32.1. The molecule has 7 nitrogen and oxygen atoms in total. The second-order valence-electron chi connectivity index (χ2n) is 9.14. The number of likely N-dealkylation sites (tertiary alicyclic amines) is 1. The third kappa shape index (κ3) is 4.67. The first-order valence-corrected chi connectivity index (χ1v) is 12.7. The van der Waals surface area contributed by atoms with Crippen LogP contribution in [0.25, 0.3) is 0 Å². The van der Waals surface area contributed by atoms with Gasteiger partial charge in [-0.1, -0.05) is 32.4 Å². The van der Waals surface area contributed by atoms with Gasteiger partial charge in [0, 0.05) is 48.9 Å². The zero-order valence-corrected chi connectivity index (χ0v) is 20.1. The second-order valence-corrected chi connectivity index (χ2v) is 10.2. The van der Waals surface area contributed by atoms with Crippen LogP contribution in [0.2, 0.25) is 0 Å². The molecule has 2 atom stereocenters. The van der Waals surface area contributed by atoms with E-state index in [0.29, 0.717) is 56.8 Å². The van der Waals surface area contributed by atoms with Crippen molar-refractivity contribution in [2.75, 3.05) is 19.6 Å². The van der Waals surface area contributed by atoms with Crippen LogP contribution in [-0.2, 0) is 21.5 Å². The van der Waals surface area contributed by atoms with Crippen LogP contribution in [0.1, 0.15) is 50.0 Å². The lowest BCUT2D eigenvalue weighted by Crippen LogP contribution is -2.54. The van der Waals surface area contributed by atoms with Crippen LogP contribution in [-0.4, -0.2) is 52.3 Å². The lowest BCUT2D eigenvalue weighted by atomic mass is 9.73. The van der Waals surface area contributed by atoms with Gasteiger partial charge in [0.15, 0.2) is 5.54 Å². The highest BCUT2D eigenvalue weighted by Gasteiger charge is 2.57. The normalized spacial score (nSPS) is 22.5. The van der Waals surface area contributed by atoms with Crippen molar-refractivity contribution < 1.29 is 14.4 Å². The topological polar surface area (TPSA) is 82.6 Å². The number of imide groups is 1. The molecule has 0 unspecified atom stereocenters. The predicted molar refractivity (Wildman–Crippen MR) is 128 cm³/mol. The van der Waals surface area contributed by atoms with E-state index < -0.39 is 5.54 Å². The highest BCUT2D eigenvalue weighted by molar-refractivity contribution is 7.09. The predicted octanol–water partition coefficient (Wildman–Crippen LogP) is 3.81. The average molecular weight is 469 g/mol. The Balaban J connectivity index is 1.53. The lowest BCUT2D eigenvalue weighted by molar-refractivity contribution is -0.136. The van der Waals surface area contributed by atoms with Gasteiger partial charge in [-0.2, -0.15) is 0 Å². The Hall–Kier alpha value is -2.74. The molecule has 4 heterocycles. The first-order valence-electron chi connectivity index (χ1n) is 11.8. The molecule has 0 radical (unpaired) electrons. The van der Waals surface area contributed by atoms with Crippen molar-refractivity contribution in [1.29, 1.82) is 0 Å². The molecule has 2 saturated heterocycles. The standard InChI is InChI=1S/C25H32N4O3S/c1-3-18(2)16-22(30)28-12-8-19(9-13-28)25(20-6-4-11-26-17-20)23(31)29(24(32)27-25)14-10-21-7-5-15-33-21/h4-7,11,15,17-19H,3,8-10,12-14,16H2,1-2H3,(H,27,32)/t18-,25-/m1/s1. The number of carbonyl (C=O) groups excluding carboxylic acids is 3. The van der Waals surface area contributed by atoms with Crippen molar-refractivity contribution in [3.05, 3.63) is 52.5 Å². The Morgan fingerprint density at radius 2 is 2.06 bits per heavy atom. The van der Waals surface area contributed by atoms with Gasteiger partial charge in [-0.3, -0.25) is 19.5 Å². The summed E-state index contributed by atoms with van der Waals surface area (Å²) in [4.78, 5) is 48.2. The van der Waals surface area contributed by atoms with E-state index in [0.717, 1.165) is 11.3 Å². The summed E-state index contributed by atoms with van der Waals surface area (Å²) in [6.07, 6.45) is 6.85. The molecule has 0 aromatic carbocycles. The van der Waals surface area contributed by atoms with Crippen molar-refractivity contribution >= 4 is 29.2 Å². The minimum absolute atomic E-state index is 0.0995. The number of piperidine rings is 1. The maximum atomic E-state index is 13.8. The quantitative estimate of drug-likeness (QED) is 0.598.